The van der Waals surface area contributed by atoms with Crippen molar-refractivity contribution in [1.82, 2.24) is 10.9 Å². The number of hydrogen-bond donors (Lipinski definition) is 2. The Hall–Kier alpha value is -2.14. The van der Waals surface area contributed by atoms with Crippen LogP contribution in [0.1, 0.15) is 48.5 Å². The van der Waals surface area contributed by atoms with Crippen molar-refractivity contribution in [3.8, 4) is 0 Å². The Morgan fingerprint density at radius 3 is 2.32 bits per heavy atom. The summed E-state index contributed by atoms with van der Waals surface area (Å²) >= 11 is 1.44. The van der Waals surface area contributed by atoms with Crippen molar-refractivity contribution in [3.63, 3.8) is 0 Å². The van der Waals surface area contributed by atoms with E-state index in [9.17, 15) is 9.59 Å². The van der Waals surface area contributed by atoms with Gasteiger partial charge < -0.3 is 0 Å². The number of nitrogens with one attached hydrogen (secondary N) is 2. The Balaban J connectivity index is 2.02. The zero-order chi connectivity index (χ0) is 16.3. The fourth-order valence-electron chi connectivity index (χ4n) is 2.29. The number of hydrazine groups is 1. The second-order valence-corrected chi connectivity index (χ2v) is 6.53. The molecule has 116 valence electrons. The van der Waals surface area contributed by atoms with E-state index in [0.29, 0.717) is 10.4 Å². The Labute approximate surface area is 134 Å². The van der Waals surface area contributed by atoms with Gasteiger partial charge in [-0.2, -0.15) is 0 Å². The first kappa shape index (κ1) is 16.2. The highest BCUT2D eigenvalue weighted by Gasteiger charge is 2.14. The van der Waals surface area contributed by atoms with Crippen molar-refractivity contribution in [2.24, 2.45) is 0 Å². The molecule has 0 aliphatic carbocycles. The highest BCUT2D eigenvalue weighted by Crippen LogP contribution is 2.21. The van der Waals surface area contributed by atoms with E-state index in [1.54, 1.807) is 6.07 Å². The first-order valence-corrected chi connectivity index (χ1v) is 8.01. The van der Waals surface area contributed by atoms with Crippen LogP contribution in [0.3, 0.4) is 0 Å². The van der Waals surface area contributed by atoms with Crippen LogP contribution >= 0.6 is 11.3 Å². The van der Waals surface area contributed by atoms with Gasteiger partial charge in [-0.05, 0) is 50.5 Å². The molecule has 4 nitrogen and oxygen atoms in total. The third kappa shape index (κ3) is 3.54. The predicted molar refractivity (Wildman–Crippen MR) is 89.3 cm³/mol. The fourth-order valence-corrected chi connectivity index (χ4v) is 3.30. The summed E-state index contributed by atoms with van der Waals surface area (Å²) in [5.41, 5.74) is 8.65. The molecule has 0 unspecified atom stereocenters. The maximum atomic E-state index is 12.1. The molecule has 0 aliphatic heterocycles. The average Bonchev–Trinajstić information content (AvgIpc) is 2.85. The third-order valence-electron chi connectivity index (χ3n) is 3.54. The minimum atomic E-state index is -0.310. The van der Waals surface area contributed by atoms with Crippen LogP contribution in [-0.4, -0.2) is 11.8 Å². The van der Waals surface area contributed by atoms with Gasteiger partial charge in [0.2, 0.25) is 0 Å². The van der Waals surface area contributed by atoms with Crippen LogP contribution in [0.4, 0.5) is 0 Å². The van der Waals surface area contributed by atoms with Crippen LogP contribution in [0.5, 0.6) is 0 Å². The van der Waals surface area contributed by atoms with Crippen molar-refractivity contribution >= 4 is 23.2 Å². The van der Waals surface area contributed by atoms with Crippen molar-refractivity contribution < 1.29 is 9.59 Å². The van der Waals surface area contributed by atoms with E-state index in [1.165, 1.54) is 11.3 Å². The van der Waals surface area contributed by atoms with Crippen LogP contribution < -0.4 is 10.9 Å². The minimum Gasteiger partial charge on any atom is -0.267 e. The van der Waals surface area contributed by atoms with Crippen molar-refractivity contribution in [3.05, 3.63) is 56.3 Å². The molecule has 22 heavy (non-hydrogen) atoms. The molecular weight excluding hydrogens is 296 g/mol. The Morgan fingerprint density at radius 1 is 1.05 bits per heavy atom. The molecule has 1 aromatic carbocycles. The molecule has 5 heteroatoms. The summed E-state index contributed by atoms with van der Waals surface area (Å²) in [6.45, 7) is 7.90. The molecule has 0 saturated carbocycles. The predicted octanol–water partition coefficient (Wildman–Crippen LogP) is 3.31. The zero-order valence-corrected chi connectivity index (χ0v) is 14.1. The van der Waals surface area contributed by atoms with Crippen LogP contribution in [0.25, 0.3) is 0 Å². The molecule has 0 aliphatic rings. The van der Waals surface area contributed by atoms with Gasteiger partial charge in [0, 0.05) is 10.4 Å². The van der Waals surface area contributed by atoms with Gasteiger partial charge in [-0.25, -0.2) is 0 Å². The highest BCUT2D eigenvalue weighted by atomic mass is 32.1. The van der Waals surface area contributed by atoms with E-state index in [0.717, 1.165) is 28.0 Å². The van der Waals surface area contributed by atoms with Crippen molar-refractivity contribution in [2.45, 2.75) is 34.1 Å². The molecule has 0 bridgehead atoms. The molecule has 0 radical (unpaired) electrons. The zero-order valence-electron chi connectivity index (χ0n) is 13.2. The molecule has 1 aromatic heterocycles. The number of amides is 2. The van der Waals surface area contributed by atoms with Crippen LogP contribution in [0.2, 0.25) is 0 Å². The number of hydrogen-bond acceptors (Lipinski definition) is 3. The lowest BCUT2D eigenvalue weighted by Gasteiger charge is -2.09. The largest absolute Gasteiger partial charge is 0.279 e. The molecule has 0 fully saturated rings. The molecule has 2 amide bonds. The summed E-state index contributed by atoms with van der Waals surface area (Å²) in [4.78, 5) is 25.9. The summed E-state index contributed by atoms with van der Waals surface area (Å²) in [5, 5.41) is 0. The SMILES string of the molecule is CCc1cc(C(=O)NNC(=O)c2ccc(C)cc2C)sc1C. The summed E-state index contributed by atoms with van der Waals surface area (Å²) in [5.74, 6) is -0.597. The van der Waals surface area contributed by atoms with Crippen LogP contribution in [-0.2, 0) is 6.42 Å². The number of rotatable bonds is 3. The van der Waals surface area contributed by atoms with Gasteiger partial charge in [-0.1, -0.05) is 24.6 Å². The second kappa shape index (κ2) is 6.75. The van der Waals surface area contributed by atoms with E-state index < -0.39 is 0 Å². The fraction of sp³-hybridized carbons (Fsp3) is 0.294. The van der Waals surface area contributed by atoms with Gasteiger partial charge in [-0.15, -0.1) is 11.3 Å². The molecule has 1 heterocycles. The molecule has 2 N–H and O–H groups in total. The van der Waals surface area contributed by atoms with E-state index in [-0.39, 0.29) is 11.8 Å². The normalized spacial score (nSPS) is 10.4. The third-order valence-corrected chi connectivity index (χ3v) is 4.63. The Bertz CT molecular complexity index is 719. The second-order valence-electron chi connectivity index (χ2n) is 5.27. The van der Waals surface area contributed by atoms with Crippen molar-refractivity contribution in [1.29, 1.82) is 0 Å². The number of carbonyl (C=O) groups is 2. The van der Waals surface area contributed by atoms with Crippen molar-refractivity contribution in [2.75, 3.05) is 0 Å². The highest BCUT2D eigenvalue weighted by molar-refractivity contribution is 7.14. The lowest BCUT2D eigenvalue weighted by molar-refractivity contribution is 0.0848. The Morgan fingerprint density at radius 2 is 1.73 bits per heavy atom. The summed E-state index contributed by atoms with van der Waals surface area (Å²) in [7, 11) is 0. The van der Waals surface area contributed by atoms with E-state index in [1.807, 2.05) is 39.0 Å². The molecule has 0 spiro atoms. The van der Waals surface area contributed by atoms with Crippen LogP contribution in [0, 0.1) is 20.8 Å². The monoisotopic (exact) mass is 316 g/mol. The Kier molecular flexibility index (Phi) is 4.98. The number of aryl methyl sites for hydroxylation is 4. The minimum absolute atomic E-state index is 0.286. The van der Waals surface area contributed by atoms with E-state index in [4.69, 9.17) is 0 Å². The summed E-state index contributed by atoms with van der Waals surface area (Å²) < 4.78 is 0. The summed E-state index contributed by atoms with van der Waals surface area (Å²) in [6.07, 6.45) is 0.893. The molecule has 0 saturated heterocycles. The first-order chi connectivity index (χ1) is 10.4. The van der Waals surface area contributed by atoms with Gasteiger partial charge in [0.15, 0.2) is 0 Å². The van der Waals surface area contributed by atoms with Gasteiger partial charge in [0.25, 0.3) is 11.8 Å². The van der Waals surface area contributed by atoms with Gasteiger partial charge in [-0.3, -0.25) is 20.4 Å². The maximum absolute atomic E-state index is 12.1. The van der Waals surface area contributed by atoms with E-state index >= 15 is 0 Å². The maximum Gasteiger partial charge on any atom is 0.279 e. The molecule has 2 aromatic rings. The van der Waals surface area contributed by atoms with Crippen LogP contribution in [0.15, 0.2) is 24.3 Å². The van der Waals surface area contributed by atoms with E-state index in [2.05, 4.69) is 17.8 Å². The number of carbonyl (C=O) groups excluding carboxylic acids is 2. The van der Waals surface area contributed by atoms with Gasteiger partial charge in [0.05, 0.1) is 4.88 Å². The quantitative estimate of drug-likeness (QED) is 0.854. The number of thiophene rings is 1. The molecule has 2 rings (SSSR count). The first-order valence-electron chi connectivity index (χ1n) is 7.19. The van der Waals surface area contributed by atoms with Gasteiger partial charge in [0.1, 0.15) is 0 Å². The average molecular weight is 316 g/mol. The lowest BCUT2D eigenvalue weighted by atomic mass is 10.1. The molecular formula is C17H20N2O2S. The molecule has 0 atom stereocenters. The topological polar surface area (TPSA) is 58.2 Å². The summed E-state index contributed by atoms with van der Waals surface area (Å²) in [6, 6.07) is 7.45. The standard InChI is InChI=1S/C17H20N2O2S/c1-5-13-9-15(22-12(13)4)17(21)19-18-16(20)14-7-6-10(2)8-11(14)3/h6-9H,5H2,1-4H3,(H,18,20)(H,19,21). The lowest BCUT2D eigenvalue weighted by Crippen LogP contribution is -2.41. The smallest absolute Gasteiger partial charge is 0.267 e. The number of benzene rings is 1. The van der Waals surface area contributed by atoms with Gasteiger partial charge >= 0.3 is 0 Å².